The van der Waals surface area contributed by atoms with E-state index >= 15 is 0 Å². The average molecular weight is 1060 g/mol. The maximum absolute atomic E-state index is 12.8. The first kappa shape index (κ1) is 48.8. The molecule has 12 atom stereocenters. The maximum atomic E-state index is 12.8. The molecule has 6 heterocycles. The van der Waals surface area contributed by atoms with Gasteiger partial charge in [0.1, 0.15) is 5.60 Å². The topological polar surface area (TPSA) is 210 Å². The number of benzene rings is 3. The van der Waals surface area contributed by atoms with Crippen LogP contribution in [0.1, 0.15) is 136 Å². The second-order valence-electron chi connectivity index (χ2n) is 26.9. The Morgan fingerprint density at radius 2 is 0.846 bits per heavy atom. The Labute approximate surface area is 454 Å². The molecular weight excluding hydrogens is 991 g/mol. The number of rotatable bonds is 6. The van der Waals surface area contributed by atoms with Crippen LogP contribution in [0.25, 0.3) is 0 Å². The summed E-state index contributed by atoms with van der Waals surface area (Å²) in [7, 11) is 0. The third-order valence-corrected chi connectivity index (χ3v) is 23.9. The van der Waals surface area contributed by atoms with Crippen molar-refractivity contribution in [2.75, 3.05) is 39.3 Å². The zero-order chi connectivity index (χ0) is 53.0. The van der Waals surface area contributed by atoms with Crippen LogP contribution in [0, 0.1) is 17.8 Å². The SMILES string of the molecule is O=C1C=C[C@@]2(O)C3Cc4ccc(O)c5c4C2(CCN3CC2CCC2)[C@H]1O5.O=C1CC[C@@]2(O)C3Cc4ccc(O)c5c4C2(CCN3CC2CCC2)[C@H]1O5.O=C1CC[C@@]2(O)C3Cc4ccc(O)c5c4C2(CCN3CC2CCC2)[C@H]1O5. The third kappa shape index (κ3) is 5.98. The van der Waals surface area contributed by atoms with Gasteiger partial charge in [-0.05, 0) is 174 Å². The first-order valence-corrected chi connectivity index (χ1v) is 29.9. The second kappa shape index (κ2) is 16.6. The van der Waals surface area contributed by atoms with Crippen molar-refractivity contribution in [2.24, 2.45) is 17.8 Å². The largest absolute Gasteiger partial charge is 0.504 e. The van der Waals surface area contributed by atoms with E-state index in [1.54, 1.807) is 24.3 Å². The van der Waals surface area contributed by atoms with E-state index in [0.717, 1.165) is 123 Å². The van der Waals surface area contributed by atoms with Gasteiger partial charge in [0.05, 0.1) is 27.4 Å². The highest BCUT2D eigenvalue weighted by Gasteiger charge is 2.76. The fourth-order valence-corrected chi connectivity index (χ4v) is 19.5. The fourth-order valence-electron chi connectivity index (χ4n) is 19.5. The molecule has 9 aliphatic carbocycles. The van der Waals surface area contributed by atoms with Crippen molar-refractivity contribution in [3.05, 3.63) is 81.9 Å². The number of Topliss-reactive ketones (excluding diaryl/α,β-unsaturated/α-hetero) is 2. The molecule has 412 valence electrons. The van der Waals surface area contributed by atoms with Crippen LogP contribution in [0.5, 0.6) is 34.5 Å². The summed E-state index contributed by atoms with van der Waals surface area (Å²) in [6.45, 7) is 5.79. The monoisotopic (exact) mass is 1060 g/mol. The first-order valence-electron chi connectivity index (χ1n) is 29.9. The summed E-state index contributed by atoms with van der Waals surface area (Å²) < 4.78 is 18.1. The molecule has 0 radical (unpaired) electrons. The Kier molecular flexibility index (Phi) is 10.4. The molecule has 6 unspecified atom stereocenters. The van der Waals surface area contributed by atoms with E-state index in [-0.39, 0.29) is 52.7 Å². The minimum absolute atomic E-state index is 0.0408. The fraction of sp³-hybridized carbons (Fsp3) is 0.635. The van der Waals surface area contributed by atoms with Gasteiger partial charge >= 0.3 is 0 Å². The van der Waals surface area contributed by atoms with Crippen LogP contribution in [0.15, 0.2) is 48.6 Å². The Morgan fingerprint density at radius 3 is 1.26 bits per heavy atom. The van der Waals surface area contributed by atoms with Crippen molar-refractivity contribution in [2.45, 2.75) is 191 Å². The summed E-state index contributed by atoms with van der Waals surface area (Å²) >= 11 is 0. The molecule has 3 aromatic rings. The summed E-state index contributed by atoms with van der Waals surface area (Å²) in [5.41, 5.74) is 0.995. The smallest absolute Gasteiger partial charge is 0.196 e. The number of aromatic hydroxyl groups is 3. The lowest BCUT2D eigenvalue weighted by Gasteiger charge is -2.63. The van der Waals surface area contributed by atoms with E-state index in [0.29, 0.717) is 49.4 Å². The molecule has 6 N–H and O–H groups in total. The molecule has 3 saturated heterocycles. The number of phenolic OH excluding ortho intramolecular Hbond substituents is 3. The van der Waals surface area contributed by atoms with Crippen molar-refractivity contribution < 1.29 is 59.2 Å². The highest BCUT2D eigenvalue weighted by atomic mass is 16.5. The van der Waals surface area contributed by atoms with Crippen molar-refractivity contribution >= 4 is 17.3 Å². The molecule has 3 aromatic carbocycles. The van der Waals surface area contributed by atoms with Crippen LogP contribution in [0.3, 0.4) is 0 Å². The second-order valence-corrected chi connectivity index (χ2v) is 26.9. The molecule has 6 aliphatic heterocycles. The molecule has 0 amide bonds. The Bertz CT molecular complexity index is 3000. The molecule has 6 bridgehead atoms. The normalized spacial score (nSPS) is 40.5. The van der Waals surface area contributed by atoms with Gasteiger partial charge in [0, 0.05) is 67.3 Å². The van der Waals surface area contributed by atoms with E-state index in [9.17, 15) is 45.0 Å². The molecule has 3 spiro atoms. The van der Waals surface area contributed by atoms with Gasteiger partial charge in [-0.25, -0.2) is 0 Å². The number of likely N-dealkylation sites (tertiary alicyclic amines) is 3. The molecule has 15 heteroatoms. The van der Waals surface area contributed by atoms with Gasteiger partial charge in [-0.2, -0.15) is 0 Å². The van der Waals surface area contributed by atoms with Crippen LogP contribution in [0.4, 0.5) is 0 Å². The minimum Gasteiger partial charge on any atom is -0.504 e. The van der Waals surface area contributed by atoms with E-state index in [1.807, 2.05) is 18.2 Å². The molecule has 15 aliphatic rings. The summed E-state index contributed by atoms with van der Waals surface area (Å²) in [6.07, 6.45) is 19.1. The third-order valence-electron chi connectivity index (χ3n) is 23.9. The highest BCUT2D eigenvalue weighted by Crippen LogP contribution is 2.68. The van der Waals surface area contributed by atoms with Gasteiger partial charge in [-0.3, -0.25) is 29.1 Å². The Hall–Kier alpha value is -5.03. The number of hydrogen-bond donors (Lipinski definition) is 6. The molecule has 15 nitrogen and oxygen atoms in total. The van der Waals surface area contributed by atoms with Gasteiger partial charge < -0.3 is 44.8 Å². The lowest BCUT2D eigenvalue weighted by molar-refractivity contribution is -0.190. The summed E-state index contributed by atoms with van der Waals surface area (Å²) in [4.78, 5) is 45.6. The number of aliphatic hydroxyl groups is 3. The van der Waals surface area contributed by atoms with Gasteiger partial charge in [-0.1, -0.05) is 37.5 Å². The lowest BCUT2D eigenvalue weighted by atomic mass is 9.49. The van der Waals surface area contributed by atoms with E-state index in [4.69, 9.17) is 14.2 Å². The molecule has 78 heavy (non-hydrogen) atoms. The van der Waals surface area contributed by atoms with Crippen LogP contribution in [-0.4, -0.2) is 155 Å². The van der Waals surface area contributed by atoms with Crippen LogP contribution < -0.4 is 14.2 Å². The highest BCUT2D eigenvalue weighted by molar-refractivity contribution is 5.99. The predicted octanol–water partition coefficient (Wildman–Crippen LogP) is 5.52. The summed E-state index contributed by atoms with van der Waals surface area (Å²) in [6, 6.07) is 11.0. The number of nitrogens with zero attached hydrogens (tertiary/aromatic N) is 3. The standard InChI is InChI=1S/2C21H25NO4.C21H23NO4/c3*23-14-5-4-13-10-16-21(25)7-6-15(24)19-20(21,17(13)18(14)26-19)8-9-22(16)11-12-2-1-3-12/h2*4-5,12,16,19,23,25H,1-3,6-11H2;4-7,12,16,19,23,25H,1-3,8-11H2/t3*16?,19-,20?,21+/m000/s1. The van der Waals surface area contributed by atoms with E-state index < -0.39 is 51.4 Å². The number of ketones is 3. The molecular formula is C63H73N3O12. The first-order chi connectivity index (χ1) is 37.6. The van der Waals surface area contributed by atoms with Gasteiger partial charge in [0.15, 0.2) is 70.2 Å². The van der Waals surface area contributed by atoms with Crippen molar-refractivity contribution in [1.29, 1.82) is 0 Å². The van der Waals surface area contributed by atoms with E-state index in [2.05, 4.69) is 14.7 Å². The Morgan fingerprint density at radius 1 is 0.474 bits per heavy atom. The van der Waals surface area contributed by atoms with Crippen molar-refractivity contribution in [3.8, 4) is 34.5 Å². The quantitative estimate of drug-likeness (QED) is 0.180. The van der Waals surface area contributed by atoms with Gasteiger partial charge in [-0.15, -0.1) is 0 Å². The van der Waals surface area contributed by atoms with Crippen molar-refractivity contribution in [3.63, 3.8) is 0 Å². The molecule has 8 fully saturated rings. The number of piperidine rings is 3. The zero-order valence-corrected chi connectivity index (χ0v) is 44.5. The van der Waals surface area contributed by atoms with Crippen molar-refractivity contribution in [1.82, 2.24) is 14.7 Å². The zero-order valence-electron chi connectivity index (χ0n) is 44.5. The minimum atomic E-state index is -1.13. The van der Waals surface area contributed by atoms with E-state index in [1.165, 1.54) is 63.9 Å². The number of ether oxygens (including phenoxy) is 3. The molecule has 18 rings (SSSR count). The van der Waals surface area contributed by atoms with Crippen LogP contribution in [0.2, 0.25) is 0 Å². The number of hydrogen-bond acceptors (Lipinski definition) is 15. The van der Waals surface area contributed by atoms with Crippen LogP contribution in [-0.2, 0) is 49.9 Å². The average Bonchev–Trinajstić information content (AvgIpc) is 4.26. The molecule has 5 saturated carbocycles. The number of carbonyl (C=O) groups excluding carboxylic acids is 3. The molecule has 0 aromatic heterocycles. The summed E-state index contributed by atoms with van der Waals surface area (Å²) in [5.74, 6) is 3.85. The number of carbonyl (C=O) groups is 3. The lowest BCUT2D eigenvalue weighted by Crippen LogP contribution is -2.76. The summed E-state index contributed by atoms with van der Waals surface area (Å²) in [5, 5.41) is 67.1. The maximum Gasteiger partial charge on any atom is 0.196 e. The predicted molar refractivity (Wildman–Crippen MR) is 283 cm³/mol. The number of phenols is 3. The van der Waals surface area contributed by atoms with Gasteiger partial charge in [0.25, 0.3) is 0 Å². The Balaban J connectivity index is 0.0000000978. The van der Waals surface area contributed by atoms with Crippen LogP contribution >= 0.6 is 0 Å². The van der Waals surface area contributed by atoms with Gasteiger partial charge in [0.2, 0.25) is 0 Å².